The van der Waals surface area contributed by atoms with Crippen molar-refractivity contribution in [2.75, 3.05) is 12.4 Å². The molecule has 0 aliphatic rings. The zero-order valence-corrected chi connectivity index (χ0v) is 13.8. The molecule has 4 heteroatoms. The maximum atomic E-state index is 12.3. The van der Waals surface area contributed by atoms with E-state index in [0.29, 0.717) is 6.42 Å². The predicted molar refractivity (Wildman–Crippen MR) is 99.0 cm³/mol. The number of benzene rings is 3. The number of fused-ring (bicyclic) bond motifs is 3. The molecule has 0 aliphatic heterocycles. The van der Waals surface area contributed by atoms with Gasteiger partial charge in [-0.25, -0.2) is 0 Å². The van der Waals surface area contributed by atoms with Crippen LogP contribution < -0.4 is 10.1 Å². The first-order chi connectivity index (χ1) is 12.2. The summed E-state index contributed by atoms with van der Waals surface area (Å²) in [4.78, 5) is 12.3. The van der Waals surface area contributed by atoms with E-state index < -0.39 is 0 Å². The fourth-order valence-electron chi connectivity index (χ4n) is 2.94. The van der Waals surface area contributed by atoms with E-state index in [-0.39, 0.29) is 5.91 Å². The van der Waals surface area contributed by atoms with Gasteiger partial charge in [-0.15, -0.1) is 0 Å². The molecule has 1 N–H and O–H groups in total. The van der Waals surface area contributed by atoms with Crippen molar-refractivity contribution in [3.8, 4) is 5.75 Å². The topological polar surface area (TPSA) is 51.5 Å². The van der Waals surface area contributed by atoms with Crippen molar-refractivity contribution in [3.05, 3.63) is 72.3 Å². The first-order valence-corrected chi connectivity index (χ1v) is 8.07. The minimum absolute atomic E-state index is 0.0580. The minimum Gasteiger partial charge on any atom is -0.497 e. The van der Waals surface area contributed by atoms with Gasteiger partial charge < -0.3 is 14.5 Å². The Morgan fingerprint density at radius 3 is 2.52 bits per heavy atom. The molecule has 0 saturated carbocycles. The molecular formula is C21H17NO3. The Balaban J connectivity index is 1.55. The number of amides is 1. The number of hydrogen-bond donors (Lipinski definition) is 1. The van der Waals surface area contributed by atoms with Gasteiger partial charge in [-0.05, 0) is 42.0 Å². The van der Waals surface area contributed by atoms with Crippen LogP contribution in [0.4, 0.5) is 5.69 Å². The van der Waals surface area contributed by atoms with Gasteiger partial charge in [-0.1, -0.05) is 30.3 Å². The highest BCUT2D eigenvalue weighted by Crippen LogP contribution is 2.30. The van der Waals surface area contributed by atoms with Crippen LogP contribution in [-0.4, -0.2) is 13.0 Å². The van der Waals surface area contributed by atoms with E-state index >= 15 is 0 Å². The van der Waals surface area contributed by atoms with Crippen LogP contribution in [0.1, 0.15) is 5.56 Å². The maximum Gasteiger partial charge on any atom is 0.228 e. The third-order valence-electron chi connectivity index (χ3n) is 4.18. The van der Waals surface area contributed by atoms with Crippen LogP contribution in [0.2, 0.25) is 0 Å². The van der Waals surface area contributed by atoms with E-state index in [4.69, 9.17) is 9.15 Å². The van der Waals surface area contributed by atoms with Crippen molar-refractivity contribution in [2.24, 2.45) is 0 Å². The summed E-state index contributed by atoms with van der Waals surface area (Å²) in [5.41, 5.74) is 3.36. The number of carbonyl (C=O) groups is 1. The summed E-state index contributed by atoms with van der Waals surface area (Å²) in [5, 5.41) is 5.00. The molecule has 0 bridgehead atoms. The van der Waals surface area contributed by atoms with Gasteiger partial charge in [-0.3, -0.25) is 4.79 Å². The normalized spacial score (nSPS) is 10.9. The van der Waals surface area contributed by atoms with Crippen LogP contribution in [0.25, 0.3) is 21.9 Å². The van der Waals surface area contributed by atoms with E-state index in [1.165, 1.54) is 0 Å². The third kappa shape index (κ3) is 3.06. The lowest BCUT2D eigenvalue weighted by Crippen LogP contribution is -2.14. The van der Waals surface area contributed by atoms with Gasteiger partial charge in [0.2, 0.25) is 5.91 Å². The minimum atomic E-state index is -0.0580. The number of rotatable bonds is 4. The lowest BCUT2D eigenvalue weighted by atomic mass is 10.1. The number of hydrogen-bond acceptors (Lipinski definition) is 3. The van der Waals surface area contributed by atoms with Crippen LogP contribution in [0.5, 0.6) is 5.75 Å². The number of methoxy groups -OCH3 is 1. The Labute approximate surface area is 145 Å². The van der Waals surface area contributed by atoms with Crippen LogP contribution in [0.15, 0.2) is 71.1 Å². The smallest absolute Gasteiger partial charge is 0.228 e. The molecule has 1 aromatic heterocycles. The average Bonchev–Trinajstić information content (AvgIpc) is 3.00. The van der Waals surface area contributed by atoms with Crippen LogP contribution in [0, 0.1) is 0 Å². The van der Waals surface area contributed by atoms with Gasteiger partial charge in [0.25, 0.3) is 0 Å². The van der Waals surface area contributed by atoms with Crippen LogP contribution in [0.3, 0.4) is 0 Å². The molecule has 0 fully saturated rings. The molecule has 3 aromatic carbocycles. The lowest BCUT2D eigenvalue weighted by Gasteiger charge is -2.06. The molecule has 124 valence electrons. The SMILES string of the molecule is COc1ccc(CC(=O)Nc2ccc3oc4ccccc4c3c2)cc1. The summed E-state index contributed by atoms with van der Waals surface area (Å²) in [7, 11) is 1.62. The molecule has 0 radical (unpaired) electrons. The summed E-state index contributed by atoms with van der Waals surface area (Å²) in [6, 6.07) is 21.1. The number of furan rings is 1. The van der Waals surface area contributed by atoms with Crippen molar-refractivity contribution in [1.29, 1.82) is 0 Å². The molecule has 0 saturated heterocycles. The molecule has 4 aromatic rings. The molecule has 0 spiro atoms. The predicted octanol–water partition coefficient (Wildman–Crippen LogP) is 4.78. The van der Waals surface area contributed by atoms with Crippen LogP contribution in [-0.2, 0) is 11.2 Å². The molecule has 4 rings (SSSR count). The van der Waals surface area contributed by atoms with E-state index in [9.17, 15) is 4.79 Å². The number of para-hydroxylation sites is 1. The van der Waals surface area contributed by atoms with Gasteiger partial charge in [0.05, 0.1) is 13.5 Å². The van der Waals surface area contributed by atoms with Gasteiger partial charge in [-0.2, -0.15) is 0 Å². The van der Waals surface area contributed by atoms with E-state index in [2.05, 4.69) is 5.32 Å². The highest BCUT2D eigenvalue weighted by atomic mass is 16.5. The maximum absolute atomic E-state index is 12.3. The summed E-state index contributed by atoms with van der Waals surface area (Å²) < 4.78 is 10.9. The van der Waals surface area contributed by atoms with Crippen LogP contribution >= 0.6 is 0 Å². The lowest BCUT2D eigenvalue weighted by molar-refractivity contribution is -0.115. The monoisotopic (exact) mass is 331 g/mol. The number of nitrogens with one attached hydrogen (secondary N) is 1. The highest BCUT2D eigenvalue weighted by molar-refractivity contribution is 6.07. The number of ether oxygens (including phenoxy) is 1. The fourth-order valence-corrected chi connectivity index (χ4v) is 2.94. The first-order valence-electron chi connectivity index (χ1n) is 8.07. The summed E-state index contributed by atoms with van der Waals surface area (Å²) in [5.74, 6) is 0.721. The van der Waals surface area contributed by atoms with E-state index in [0.717, 1.165) is 38.9 Å². The van der Waals surface area contributed by atoms with Gasteiger partial charge >= 0.3 is 0 Å². The van der Waals surface area contributed by atoms with Crippen molar-refractivity contribution < 1.29 is 13.9 Å². The second kappa shape index (κ2) is 6.32. The Morgan fingerprint density at radius 1 is 0.960 bits per heavy atom. The van der Waals surface area contributed by atoms with Gasteiger partial charge in [0.1, 0.15) is 16.9 Å². The zero-order valence-electron chi connectivity index (χ0n) is 13.8. The van der Waals surface area contributed by atoms with Gasteiger partial charge in [0, 0.05) is 16.5 Å². The second-order valence-corrected chi connectivity index (χ2v) is 5.88. The molecule has 0 unspecified atom stereocenters. The standard InChI is InChI=1S/C21H17NO3/c1-24-16-9-6-14(7-10-16)12-21(23)22-15-8-11-20-18(13-15)17-4-2-3-5-19(17)25-20/h2-11,13H,12H2,1H3,(H,22,23). The van der Waals surface area contributed by atoms with E-state index in [1.807, 2.05) is 66.7 Å². The zero-order chi connectivity index (χ0) is 17.2. The van der Waals surface area contributed by atoms with Crippen molar-refractivity contribution in [2.45, 2.75) is 6.42 Å². The molecular weight excluding hydrogens is 314 g/mol. The molecule has 1 heterocycles. The first kappa shape index (κ1) is 15.3. The molecule has 0 aliphatic carbocycles. The fraction of sp³-hybridized carbons (Fsp3) is 0.0952. The van der Waals surface area contributed by atoms with Crippen molar-refractivity contribution in [3.63, 3.8) is 0 Å². The number of anilines is 1. The molecule has 0 atom stereocenters. The average molecular weight is 331 g/mol. The summed E-state index contributed by atoms with van der Waals surface area (Å²) in [6.07, 6.45) is 0.314. The summed E-state index contributed by atoms with van der Waals surface area (Å²) >= 11 is 0. The Bertz CT molecular complexity index is 1050. The Hall–Kier alpha value is -3.27. The number of carbonyl (C=O) groups excluding carboxylic acids is 1. The summed E-state index contributed by atoms with van der Waals surface area (Å²) in [6.45, 7) is 0. The molecule has 25 heavy (non-hydrogen) atoms. The Morgan fingerprint density at radius 2 is 1.72 bits per heavy atom. The molecule has 4 nitrogen and oxygen atoms in total. The Kier molecular flexibility index (Phi) is 3.86. The van der Waals surface area contributed by atoms with Crippen molar-refractivity contribution in [1.82, 2.24) is 0 Å². The van der Waals surface area contributed by atoms with E-state index in [1.54, 1.807) is 7.11 Å². The van der Waals surface area contributed by atoms with Crippen molar-refractivity contribution >= 4 is 33.5 Å². The molecule has 1 amide bonds. The second-order valence-electron chi connectivity index (χ2n) is 5.88. The quantitative estimate of drug-likeness (QED) is 0.586. The third-order valence-corrected chi connectivity index (χ3v) is 4.18. The van der Waals surface area contributed by atoms with Gasteiger partial charge in [0.15, 0.2) is 0 Å². The largest absolute Gasteiger partial charge is 0.497 e. The highest BCUT2D eigenvalue weighted by Gasteiger charge is 2.09.